The van der Waals surface area contributed by atoms with Crippen LogP contribution in [0, 0.1) is 0 Å². The van der Waals surface area contributed by atoms with Gasteiger partial charge in [-0.25, -0.2) is 0 Å². The standard InChI is InChI=1S/C9H20N2O2/c1-11(2,3)7-5-4-6-8(10)9(12)13/h8H,4-7,10H2,1-3H3/p+1/t8-/m0/s1/i4D2,5D2,6D2,7D2,8D/hD2. The van der Waals surface area contributed by atoms with Crippen LogP contribution in [0.15, 0.2) is 0 Å². The normalized spacial score (nSPS) is 33.7. The first-order valence-electron chi connectivity index (χ1n) is 8.86. The number of hydrogen-bond acceptors (Lipinski definition) is 2. The summed E-state index contributed by atoms with van der Waals surface area (Å²) in [6.45, 7) is -3.04. The third kappa shape index (κ3) is 7.74. The fourth-order valence-electron chi connectivity index (χ4n) is 0.340. The van der Waals surface area contributed by atoms with Crippen LogP contribution in [0.2, 0.25) is 2.82 Å². The Balaban J connectivity index is 6.55. The van der Waals surface area contributed by atoms with Crippen LogP contribution >= 0.6 is 0 Å². The first kappa shape index (κ1) is 3.21. The molecule has 4 nitrogen and oxygen atoms in total. The van der Waals surface area contributed by atoms with Crippen LogP contribution in [-0.4, -0.2) is 49.2 Å². The zero-order chi connectivity index (χ0) is 20.2. The molecule has 0 aliphatic heterocycles. The van der Waals surface area contributed by atoms with Crippen molar-refractivity contribution >= 4 is 5.97 Å². The van der Waals surface area contributed by atoms with E-state index >= 15 is 0 Å². The SMILES string of the molecule is [2H]N([2H])[C@]([2H])(C(=O)O)C([2H])([2H])C([2H])([2H])C([2H])([2H])C([2H])([2H])[N+](C)(C)C. The average molecular weight is 200 g/mol. The van der Waals surface area contributed by atoms with E-state index in [0.29, 0.717) is 0 Å². The molecule has 0 amide bonds. The molecule has 0 rings (SSSR count). The van der Waals surface area contributed by atoms with Gasteiger partial charge in [0.2, 0.25) is 0 Å². The summed E-state index contributed by atoms with van der Waals surface area (Å²) in [5, 5.41) is 9.03. The molecule has 0 fully saturated rings. The highest BCUT2D eigenvalue weighted by molar-refractivity contribution is 5.72. The molecule has 0 radical (unpaired) electrons. The van der Waals surface area contributed by atoms with Crippen molar-refractivity contribution in [1.82, 2.24) is 0 Å². The maximum Gasteiger partial charge on any atom is 0.320 e. The van der Waals surface area contributed by atoms with E-state index in [0.717, 1.165) is 0 Å². The average Bonchev–Trinajstić information content (AvgIpc) is 2.34. The number of quaternary nitrogens is 1. The van der Waals surface area contributed by atoms with Crippen molar-refractivity contribution in [2.45, 2.75) is 25.1 Å². The second-order valence-corrected chi connectivity index (χ2v) is 3.15. The molecule has 0 aromatic rings. The maximum absolute atomic E-state index is 11.2. The van der Waals surface area contributed by atoms with Gasteiger partial charge < -0.3 is 15.3 Å². The molecular weight excluding hydrogens is 168 g/mol. The highest BCUT2D eigenvalue weighted by Gasteiger charge is 2.11. The van der Waals surface area contributed by atoms with Crippen molar-refractivity contribution < 1.29 is 29.5 Å². The smallest absolute Gasteiger partial charge is 0.320 e. The zero-order valence-electron chi connectivity index (χ0n) is 18.7. The first-order valence-corrected chi connectivity index (χ1v) is 3.47. The molecule has 78 valence electrons. The van der Waals surface area contributed by atoms with Crippen molar-refractivity contribution in [1.29, 1.82) is 0 Å². The highest BCUT2D eigenvalue weighted by atomic mass is 16.4. The molecule has 0 unspecified atom stereocenters. The molecule has 0 aliphatic rings. The Morgan fingerprint density at radius 2 is 2.31 bits per heavy atom. The summed E-state index contributed by atoms with van der Waals surface area (Å²) < 4.78 is 83.2. The number of aliphatic carboxylic acids is 1. The van der Waals surface area contributed by atoms with Crippen LogP contribution in [0.3, 0.4) is 0 Å². The van der Waals surface area contributed by atoms with Crippen molar-refractivity contribution in [3.63, 3.8) is 0 Å². The fourth-order valence-corrected chi connectivity index (χ4v) is 0.340. The molecule has 0 heterocycles. The van der Waals surface area contributed by atoms with E-state index in [1.807, 2.05) is 0 Å². The van der Waals surface area contributed by atoms with Crippen molar-refractivity contribution in [3.05, 3.63) is 0 Å². The second kappa shape index (κ2) is 5.19. The predicted molar refractivity (Wildman–Crippen MR) is 52.4 cm³/mol. The molecule has 0 aromatic heterocycles. The van der Waals surface area contributed by atoms with Gasteiger partial charge in [0.15, 0.2) is 0 Å². The lowest BCUT2D eigenvalue weighted by atomic mass is 10.1. The molecule has 4 heteroatoms. The van der Waals surface area contributed by atoms with Gasteiger partial charge >= 0.3 is 5.97 Å². The lowest BCUT2D eigenvalue weighted by Crippen LogP contribution is -2.35. The Morgan fingerprint density at radius 3 is 2.69 bits per heavy atom. The number of nitrogens with zero attached hydrogens (tertiary/aromatic N) is 1. The molecule has 0 spiro atoms. The van der Waals surface area contributed by atoms with E-state index in [-0.39, 0.29) is 0 Å². The number of hydrogen-bond donors (Lipinski definition) is 2. The van der Waals surface area contributed by atoms with Gasteiger partial charge in [0.25, 0.3) is 0 Å². The third-order valence-electron chi connectivity index (χ3n) is 0.837. The van der Waals surface area contributed by atoms with Crippen molar-refractivity contribution in [2.24, 2.45) is 5.72 Å². The maximum atomic E-state index is 11.2. The number of carbonyl (C=O) groups is 1. The predicted octanol–water partition coefficient (Wildman–Crippen LogP) is 0.275. The summed E-state index contributed by atoms with van der Waals surface area (Å²) in [6, 6.07) is -3.84. The van der Waals surface area contributed by atoms with Crippen LogP contribution in [0.4, 0.5) is 0 Å². The second-order valence-electron chi connectivity index (χ2n) is 3.15. The lowest BCUT2D eigenvalue weighted by Gasteiger charge is -2.23. The molecule has 0 aliphatic carbocycles. The molecule has 0 aromatic carbocycles. The molecule has 0 saturated carbocycles. The van der Waals surface area contributed by atoms with Crippen molar-refractivity contribution in [2.75, 3.05) is 27.6 Å². The van der Waals surface area contributed by atoms with E-state index in [4.69, 9.17) is 20.3 Å². The van der Waals surface area contributed by atoms with Gasteiger partial charge in [-0.3, -0.25) is 4.79 Å². The molecule has 13 heavy (non-hydrogen) atoms. The van der Waals surface area contributed by atoms with Gasteiger partial charge in [0.05, 0.1) is 31.8 Å². The zero-order valence-corrected chi connectivity index (χ0v) is 7.75. The van der Waals surface area contributed by atoms with Gasteiger partial charge in [-0.15, -0.1) is 0 Å². The van der Waals surface area contributed by atoms with E-state index < -0.39 is 47.8 Å². The Kier molecular flexibility index (Phi) is 1.28. The van der Waals surface area contributed by atoms with Crippen LogP contribution in [0.1, 0.15) is 31.5 Å². The number of carboxylic acid groups (broad SMARTS) is 1. The van der Waals surface area contributed by atoms with Crippen LogP contribution < -0.4 is 5.72 Å². The molecule has 0 bridgehead atoms. The van der Waals surface area contributed by atoms with Crippen LogP contribution in [-0.2, 0) is 4.79 Å². The molecular formula is C9H21N2O2+. The summed E-state index contributed by atoms with van der Waals surface area (Å²) >= 11 is 0. The largest absolute Gasteiger partial charge is 0.480 e. The third-order valence-corrected chi connectivity index (χ3v) is 0.837. The quantitative estimate of drug-likeness (QED) is 0.580. The minimum atomic E-state index is -3.97. The van der Waals surface area contributed by atoms with Gasteiger partial charge in [-0.05, 0) is 19.1 Å². The molecule has 1 atom stereocenters. The van der Waals surface area contributed by atoms with Gasteiger partial charge in [-0.1, -0.05) is 0 Å². The topological polar surface area (TPSA) is 63.3 Å². The Labute approximate surface area is 95.5 Å². The monoisotopic (exact) mass is 200 g/mol. The Hall–Kier alpha value is -0.610. The highest BCUT2D eigenvalue weighted by Crippen LogP contribution is 2.02. The van der Waals surface area contributed by atoms with Crippen LogP contribution in [0.5, 0.6) is 0 Å². The summed E-state index contributed by atoms with van der Waals surface area (Å²) in [5.74, 6) is -2.39. The lowest BCUT2D eigenvalue weighted by molar-refractivity contribution is -0.870. The number of nitrogens with two attached hydrogens (primary N) is 1. The summed E-state index contributed by atoms with van der Waals surface area (Å²) in [7, 11) is 3.57. The molecule has 0 saturated heterocycles. The number of carboxylic acids is 1. The summed E-state index contributed by atoms with van der Waals surface area (Å²) in [4.78, 5) is 11.2. The minimum Gasteiger partial charge on any atom is -0.480 e. The van der Waals surface area contributed by atoms with E-state index in [2.05, 4.69) is 0 Å². The Morgan fingerprint density at radius 1 is 1.69 bits per heavy atom. The van der Waals surface area contributed by atoms with E-state index in [9.17, 15) is 4.79 Å². The van der Waals surface area contributed by atoms with Gasteiger partial charge in [0, 0.05) is 8.22 Å². The van der Waals surface area contributed by atoms with Crippen LogP contribution in [0.25, 0.3) is 0 Å². The minimum absolute atomic E-state index is 0.793. The molecule has 3 N–H and O–H groups in total. The first-order chi connectivity index (χ1) is 10.1. The number of rotatable bonds is 7. The van der Waals surface area contributed by atoms with Gasteiger partial charge in [-0.2, -0.15) is 0 Å². The van der Waals surface area contributed by atoms with E-state index in [1.165, 1.54) is 21.1 Å². The fraction of sp³-hybridized carbons (Fsp3) is 0.889. The summed E-state index contributed by atoms with van der Waals surface area (Å²) in [5.41, 5.74) is -0.884. The summed E-state index contributed by atoms with van der Waals surface area (Å²) in [6.07, 6.45) is -11.5. The van der Waals surface area contributed by atoms with E-state index in [1.54, 1.807) is 0 Å². The van der Waals surface area contributed by atoms with Gasteiger partial charge in [0.1, 0.15) is 8.84 Å². The Bertz CT molecular complexity index is 502. The van der Waals surface area contributed by atoms with Crippen molar-refractivity contribution in [3.8, 4) is 0 Å².